The van der Waals surface area contributed by atoms with E-state index in [1.54, 1.807) is 11.8 Å². The molecule has 0 unspecified atom stereocenters. The highest BCUT2D eigenvalue weighted by atomic mass is 32.2. The number of rotatable bonds is 3. The first kappa shape index (κ1) is 14.0. The summed E-state index contributed by atoms with van der Waals surface area (Å²) in [5.74, 6) is -0.181. The van der Waals surface area contributed by atoms with Gasteiger partial charge in [-0.2, -0.15) is 0 Å². The predicted molar refractivity (Wildman–Crippen MR) is 73.0 cm³/mol. The number of carbonyl (C=O) groups excluding carboxylic acids is 1. The summed E-state index contributed by atoms with van der Waals surface area (Å²) in [6.07, 6.45) is 1.87. The summed E-state index contributed by atoms with van der Waals surface area (Å²) in [6.45, 7) is 2.75. The molecule has 1 atom stereocenters. The SMILES string of the molecule is C[C@H](NS(C)(=O)=O)C(=O)N1CCc2ccccc2C1. The average Bonchev–Trinajstić information content (AvgIpc) is 2.35. The minimum Gasteiger partial charge on any atom is -0.337 e. The van der Waals surface area contributed by atoms with Crippen LogP contribution in [0.1, 0.15) is 18.1 Å². The maximum atomic E-state index is 12.2. The number of nitrogens with zero attached hydrogens (tertiary/aromatic N) is 1. The molecule has 1 amide bonds. The fourth-order valence-corrected chi connectivity index (χ4v) is 3.07. The molecule has 0 aliphatic carbocycles. The van der Waals surface area contributed by atoms with Gasteiger partial charge in [-0.3, -0.25) is 4.79 Å². The van der Waals surface area contributed by atoms with Crippen molar-refractivity contribution in [2.24, 2.45) is 0 Å². The summed E-state index contributed by atoms with van der Waals surface area (Å²) < 4.78 is 24.6. The summed E-state index contributed by atoms with van der Waals surface area (Å²) in [5, 5.41) is 0. The van der Waals surface area contributed by atoms with E-state index < -0.39 is 16.1 Å². The van der Waals surface area contributed by atoms with Gasteiger partial charge in [0, 0.05) is 13.1 Å². The van der Waals surface area contributed by atoms with Crippen LogP contribution in [0.5, 0.6) is 0 Å². The zero-order chi connectivity index (χ0) is 14.0. The van der Waals surface area contributed by atoms with Crippen molar-refractivity contribution in [1.29, 1.82) is 0 Å². The second-order valence-electron chi connectivity index (χ2n) is 4.89. The smallest absolute Gasteiger partial charge is 0.240 e. The lowest BCUT2D eigenvalue weighted by Crippen LogP contribution is -2.48. The Bertz CT molecular complexity index is 583. The van der Waals surface area contributed by atoms with Crippen molar-refractivity contribution in [1.82, 2.24) is 9.62 Å². The molecule has 1 aromatic carbocycles. The molecule has 5 nitrogen and oxygen atoms in total. The minimum atomic E-state index is -3.37. The Morgan fingerprint density at radius 3 is 2.58 bits per heavy atom. The van der Waals surface area contributed by atoms with E-state index in [9.17, 15) is 13.2 Å². The van der Waals surface area contributed by atoms with E-state index in [1.807, 2.05) is 18.2 Å². The van der Waals surface area contributed by atoms with E-state index >= 15 is 0 Å². The summed E-state index contributed by atoms with van der Waals surface area (Å²) in [4.78, 5) is 13.9. The number of nitrogens with one attached hydrogen (secondary N) is 1. The van der Waals surface area contributed by atoms with Crippen molar-refractivity contribution in [3.63, 3.8) is 0 Å². The molecular formula is C13H18N2O3S. The molecular weight excluding hydrogens is 264 g/mol. The third kappa shape index (κ3) is 3.54. The van der Waals surface area contributed by atoms with Gasteiger partial charge in [0.1, 0.15) is 0 Å². The third-order valence-corrected chi connectivity index (χ3v) is 3.99. The molecule has 0 spiro atoms. The van der Waals surface area contributed by atoms with Crippen molar-refractivity contribution < 1.29 is 13.2 Å². The lowest BCUT2D eigenvalue weighted by molar-refractivity contribution is -0.133. The van der Waals surface area contributed by atoms with Gasteiger partial charge >= 0.3 is 0 Å². The molecule has 0 saturated heterocycles. The summed E-state index contributed by atoms with van der Waals surface area (Å²) >= 11 is 0. The standard InChI is InChI=1S/C13H18N2O3S/c1-10(14-19(2,17)18)13(16)15-8-7-11-5-3-4-6-12(11)9-15/h3-6,10,14H,7-9H2,1-2H3/t10-/m0/s1. The van der Waals surface area contributed by atoms with Crippen LogP contribution in [0.3, 0.4) is 0 Å². The van der Waals surface area contributed by atoms with Crippen molar-refractivity contribution in [3.8, 4) is 0 Å². The fraction of sp³-hybridized carbons (Fsp3) is 0.462. The summed E-state index contributed by atoms with van der Waals surface area (Å²) in [7, 11) is -3.37. The number of hydrogen-bond acceptors (Lipinski definition) is 3. The Morgan fingerprint density at radius 2 is 1.95 bits per heavy atom. The topological polar surface area (TPSA) is 66.5 Å². The molecule has 1 heterocycles. The number of hydrogen-bond donors (Lipinski definition) is 1. The number of amides is 1. The molecule has 2 rings (SSSR count). The van der Waals surface area contributed by atoms with Crippen molar-refractivity contribution in [2.75, 3.05) is 12.8 Å². The van der Waals surface area contributed by atoms with Crippen LogP contribution in [0.25, 0.3) is 0 Å². The molecule has 1 aliphatic heterocycles. The highest BCUT2D eigenvalue weighted by molar-refractivity contribution is 7.88. The van der Waals surface area contributed by atoms with Gasteiger partial charge < -0.3 is 4.90 Å². The number of fused-ring (bicyclic) bond motifs is 1. The second-order valence-corrected chi connectivity index (χ2v) is 6.67. The van der Waals surface area contributed by atoms with Crippen LogP contribution in [0.15, 0.2) is 24.3 Å². The quantitative estimate of drug-likeness (QED) is 0.878. The first-order valence-electron chi connectivity index (χ1n) is 6.20. The van der Waals surface area contributed by atoms with Crippen LogP contribution >= 0.6 is 0 Å². The highest BCUT2D eigenvalue weighted by Crippen LogP contribution is 2.18. The van der Waals surface area contributed by atoms with Gasteiger partial charge in [-0.15, -0.1) is 0 Å². The largest absolute Gasteiger partial charge is 0.337 e. The Balaban J connectivity index is 2.07. The number of carbonyl (C=O) groups is 1. The van der Waals surface area contributed by atoms with Crippen LogP contribution in [-0.2, 0) is 27.8 Å². The number of sulfonamides is 1. The van der Waals surface area contributed by atoms with E-state index in [0.29, 0.717) is 13.1 Å². The lowest BCUT2D eigenvalue weighted by atomic mass is 9.99. The van der Waals surface area contributed by atoms with Crippen LogP contribution in [0.2, 0.25) is 0 Å². The van der Waals surface area contributed by atoms with Crippen molar-refractivity contribution in [3.05, 3.63) is 35.4 Å². The van der Waals surface area contributed by atoms with E-state index in [-0.39, 0.29) is 5.91 Å². The molecule has 1 N–H and O–H groups in total. The Hall–Kier alpha value is -1.40. The predicted octanol–water partition coefficient (Wildman–Crippen LogP) is 0.509. The zero-order valence-electron chi connectivity index (χ0n) is 11.1. The van der Waals surface area contributed by atoms with Crippen molar-refractivity contribution >= 4 is 15.9 Å². The summed E-state index contributed by atoms with van der Waals surface area (Å²) in [6, 6.07) is 7.29. The minimum absolute atomic E-state index is 0.181. The first-order chi connectivity index (χ1) is 8.87. The normalized spacial score (nSPS) is 16.8. The molecule has 6 heteroatoms. The molecule has 1 aliphatic rings. The Morgan fingerprint density at radius 1 is 1.32 bits per heavy atom. The molecule has 104 valence electrons. The number of benzene rings is 1. The highest BCUT2D eigenvalue weighted by Gasteiger charge is 2.25. The Kier molecular flexibility index (Phi) is 3.91. The lowest BCUT2D eigenvalue weighted by Gasteiger charge is -2.30. The van der Waals surface area contributed by atoms with Gasteiger partial charge in [0.25, 0.3) is 0 Å². The van der Waals surface area contributed by atoms with Crippen LogP contribution < -0.4 is 4.72 Å². The molecule has 0 aromatic heterocycles. The van der Waals surface area contributed by atoms with Crippen LogP contribution in [0.4, 0.5) is 0 Å². The van der Waals surface area contributed by atoms with Gasteiger partial charge in [-0.1, -0.05) is 24.3 Å². The Labute approximate surface area is 113 Å². The zero-order valence-corrected chi connectivity index (χ0v) is 11.9. The van der Waals surface area contributed by atoms with Crippen molar-refractivity contribution in [2.45, 2.75) is 25.9 Å². The van der Waals surface area contributed by atoms with E-state index in [4.69, 9.17) is 0 Å². The molecule has 0 saturated carbocycles. The van der Waals surface area contributed by atoms with E-state index in [1.165, 1.54) is 5.56 Å². The molecule has 0 fully saturated rings. The summed E-state index contributed by atoms with van der Waals surface area (Å²) in [5.41, 5.74) is 2.39. The van der Waals surface area contributed by atoms with Gasteiger partial charge in [-0.25, -0.2) is 13.1 Å². The van der Waals surface area contributed by atoms with Gasteiger partial charge in [-0.05, 0) is 24.5 Å². The van der Waals surface area contributed by atoms with E-state index in [2.05, 4.69) is 10.8 Å². The van der Waals surface area contributed by atoms with E-state index in [0.717, 1.165) is 18.2 Å². The monoisotopic (exact) mass is 282 g/mol. The van der Waals surface area contributed by atoms with Crippen LogP contribution in [-0.4, -0.2) is 38.1 Å². The molecule has 0 radical (unpaired) electrons. The van der Waals surface area contributed by atoms with Gasteiger partial charge in [0.05, 0.1) is 12.3 Å². The van der Waals surface area contributed by atoms with Crippen LogP contribution in [0, 0.1) is 0 Å². The second kappa shape index (κ2) is 5.30. The maximum absolute atomic E-state index is 12.2. The third-order valence-electron chi connectivity index (χ3n) is 3.20. The molecule has 1 aromatic rings. The van der Waals surface area contributed by atoms with Gasteiger partial charge in [0.2, 0.25) is 15.9 Å². The fourth-order valence-electron chi connectivity index (χ4n) is 2.33. The molecule has 19 heavy (non-hydrogen) atoms. The van der Waals surface area contributed by atoms with Gasteiger partial charge in [0.15, 0.2) is 0 Å². The maximum Gasteiger partial charge on any atom is 0.240 e. The average molecular weight is 282 g/mol. The molecule has 0 bridgehead atoms. The first-order valence-corrected chi connectivity index (χ1v) is 8.09.